The molecule has 3 nitrogen and oxygen atoms in total. The van der Waals surface area contributed by atoms with E-state index in [2.05, 4.69) is 33.0 Å². The van der Waals surface area contributed by atoms with Crippen LogP contribution in [0.15, 0.2) is 11.4 Å². The number of thiophene rings is 1. The van der Waals surface area contributed by atoms with Crippen molar-refractivity contribution in [1.82, 2.24) is 5.32 Å². The van der Waals surface area contributed by atoms with Crippen LogP contribution in [0.5, 0.6) is 0 Å². The molecule has 1 aliphatic carbocycles. The van der Waals surface area contributed by atoms with Crippen LogP contribution in [0.1, 0.15) is 42.9 Å². The zero-order valence-electron chi connectivity index (χ0n) is 10.7. The first-order valence-electron chi connectivity index (χ1n) is 5.81. The molecule has 94 valence electrons. The second kappa shape index (κ2) is 3.82. The van der Waals surface area contributed by atoms with E-state index in [0.29, 0.717) is 22.4 Å². The Morgan fingerprint density at radius 1 is 1.41 bits per heavy atom. The van der Waals surface area contributed by atoms with Gasteiger partial charge in [0.05, 0.1) is 5.56 Å². The summed E-state index contributed by atoms with van der Waals surface area (Å²) in [5, 5.41) is 14.1. The minimum Gasteiger partial charge on any atom is -0.478 e. The Balaban J connectivity index is 1.93. The maximum absolute atomic E-state index is 10.8. The topological polar surface area (TPSA) is 49.3 Å². The molecule has 1 fully saturated rings. The van der Waals surface area contributed by atoms with E-state index in [-0.39, 0.29) is 0 Å². The number of carboxylic acids is 1. The van der Waals surface area contributed by atoms with Crippen molar-refractivity contribution in [2.24, 2.45) is 10.8 Å². The van der Waals surface area contributed by atoms with Gasteiger partial charge in [-0.3, -0.25) is 0 Å². The van der Waals surface area contributed by atoms with Crippen molar-refractivity contribution >= 4 is 17.3 Å². The van der Waals surface area contributed by atoms with Gasteiger partial charge in [-0.15, -0.1) is 11.3 Å². The largest absolute Gasteiger partial charge is 0.478 e. The van der Waals surface area contributed by atoms with Crippen molar-refractivity contribution in [3.05, 3.63) is 21.9 Å². The molecule has 0 bridgehead atoms. The average Bonchev–Trinajstić information content (AvgIpc) is 2.58. The lowest BCUT2D eigenvalue weighted by Crippen LogP contribution is -2.21. The van der Waals surface area contributed by atoms with Crippen LogP contribution in [0.3, 0.4) is 0 Å². The maximum Gasteiger partial charge on any atom is 0.336 e. The zero-order valence-corrected chi connectivity index (χ0v) is 11.5. The first-order valence-corrected chi connectivity index (χ1v) is 6.69. The predicted molar refractivity (Wildman–Crippen MR) is 69.5 cm³/mol. The molecule has 0 amide bonds. The summed E-state index contributed by atoms with van der Waals surface area (Å²) in [7, 11) is 0. The van der Waals surface area contributed by atoms with Crippen LogP contribution >= 0.6 is 11.3 Å². The van der Waals surface area contributed by atoms with Crippen molar-refractivity contribution in [1.29, 1.82) is 0 Å². The van der Waals surface area contributed by atoms with E-state index >= 15 is 0 Å². The molecule has 0 atom stereocenters. The number of carbonyl (C=O) groups is 1. The predicted octanol–water partition coefficient (Wildman–Crippen LogP) is 2.97. The molecule has 2 rings (SSSR count). The molecule has 0 aliphatic heterocycles. The Bertz CT molecular complexity index is 434. The van der Waals surface area contributed by atoms with Gasteiger partial charge in [0.1, 0.15) is 0 Å². The van der Waals surface area contributed by atoms with Gasteiger partial charge in [0, 0.05) is 22.8 Å². The molecule has 0 unspecified atom stereocenters. The number of carboxylic acid groups (broad SMARTS) is 1. The molecule has 1 aromatic heterocycles. The van der Waals surface area contributed by atoms with E-state index in [1.807, 2.05) is 0 Å². The number of hydrogen-bond donors (Lipinski definition) is 2. The number of hydrogen-bond acceptors (Lipinski definition) is 3. The van der Waals surface area contributed by atoms with Gasteiger partial charge in [-0.05, 0) is 16.9 Å². The van der Waals surface area contributed by atoms with Gasteiger partial charge in [0.25, 0.3) is 0 Å². The van der Waals surface area contributed by atoms with Gasteiger partial charge in [-0.2, -0.15) is 0 Å². The van der Waals surface area contributed by atoms with Crippen molar-refractivity contribution < 1.29 is 9.90 Å². The second-order valence-electron chi connectivity index (χ2n) is 5.86. The van der Waals surface area contributed by atoms with Crippen LogP contribution in [0.25, 0.3) is 0 Å². The Morgan fingerprint density at radius 2 is 2.00 bits per heavy atom. The van der Waals surface area contributed by atoms with Crippen LogP contribution in [0.2, 0.25) is 0 Å². The lowest BCUT2D eigenvalue weighted by molar-refractivity contribution is 0.0697. The molecular weight excluding hydrogens is 234 g/mol. The molecular formula is C13H19NO2S. The molecule has 0 radical (unpaired) electrons. The molecule has 1 aromatic rings. The standard InChI is InChI=1S/C13H19NO2S/c1-12(2)11(13(12,3)4)14-6-9-5-8(7-17-9)10(15)16/h5,7,11,14H,6H2,1-4H3,(H,15,16). The van der Waals surface area contributed by atoms with Crippen molar-refractivity contribution in [3.8, 4) is 0 Å². The highest BCUT2D eigenvalue weighted by atomic mass is 32.1. The quantitative estimate of drug-likeness (QED) is 0.867. The Kier molecular flexibility index (Phi) is 2.83. The summed E-state index contributed by atoms with van der Waals surface area (Å²) in [5.41, 5.74) is 1.03. The van der Waals surface area contributed by atoms with E-state index in [0.717, 1.165) is 11.4 Å². The molecule has 17 heavy (non-hydrogen) atoms. The fourth-order valence-electron chi connectivity index (χ4n) is 2.49. The fourth-order valence-corrected chi connectivity index (χ4v) is 3.30. The zero-order chi connectivity index (χ0) is 12.8. The van der Waals surface area contributed by atoms with Gasteiger partial charge in [-0.25, -0.2) is 4.79 Å². The normalized spacial score (nSPS) is 21.4. The lowest BCUT2D eigenvalue weighted by Gasteiger charge is -2.04. The smallest absolute Gasteiger partial charge is 0.336 e. The molecule has 0 aromatic carbocycles. The average molecular weight is 253 g/mol. The summed E-state index contributed by atoms with van der Waals surface area (Å²) in [6, 6.07) is 2.26. The highest BCUT2D eigenvalue weighted by Crippen LogP contribution is 2.62. The third-order valence-electron chi connectivity index (χ3n) is 4.40. The third kappa shape index (κ3) is 2.00. The fraction of sp³-hybridized carbons (Fsp3) is 0.615. The summed E-state index contributed by atoms with van der Waals surface area (Å²) in [4.78, 5) is 11.8. The summed E-state index contributed by atoms with van der Waals surface area (Å²) in [6.45, 7) is 9.82. The molecule has 1 aliphatic rings. The van der Waals surface area contributed by atoms with Crippen molar-refractivity contribution in [2.75, 3.05) is 0 Å². The van der Waals surface area contributed by atoms with Gasteiger partial charge in [0.2, 0.25) is 0 Å². The van der Waals surface area contributed by atoms with Crippen molar-refractivity contribution in [2.45, 2.75) is 40.3 Å². The molecule has 4 heteroatoms. The summed E-state index contributed by atoms with van der Waals surface area (Å²) >= 11 is 1.50. The highest BCUT2D eigenvalue weighted by molar-refractivity contribution is 7.10. The third-order valence-corrected chi connectivity index (χ3v) is 5.34. The minimum atomic E-state index is -0.848. The molecule has 0 spiro atoms. The van der Waals surface area contributed by atoms with Gasteiger partial charge in [-0.1, -0.05) is 27.7 Å². The van der Waals surface area contributed by atoms with Crippen LogP contribution in [0, 0.1) is 10.8 Å². The van der Waals surface area contributed by atoms with Crippen molar-refractivity contribution in [3.63, 3.8) is 0 Å². The summed E-state index contributed by atoms with van der Waals surface area (Å²) < 4.78 is 0. The minimum absolute atomic E-state index is 0.319. The van der Waals surface area contributed by atoms with E-state index in [1.54, 1.807) is 11.4 Å². The molecule has 0 saturated heterocycles. The maximum atomic E-state index is 10.8. The Labute approximate surface area is 106 Å². The van der Waals surface area contributed by atoms with Crippen LogP contribution in [-0.4, -0.2) is 17.1 Å². The molecule has 1 saturated carbocycles. The lowest BCUT2D eigenvalue weighted by atomic mass is 10.0. The van der Waals surface area contributed by atoms with Gasteiger partial charge < -0.3 is 10.4 Å². The van der Waals surface area contributed by atoms with Gasteiger partial charge >= 0.3 is 5.97 Å². The van der Waals surface area contributed by atoms with E-state index < -0.39 is 5.97 Å². The summed E-state index contributed by atoms with van der Waals surface area (Å²) in [5.74, 6) is -0.848. The van der Waals surface area contributed by atoms with E-state index in [9.17, 15) is 4.79 Å². The van der Waals surface area contributed by atoms with E-state index in [4.69, 9.17) is 5.11 Å². The first-order chi connectivity index (χ1) is 7.76. The van der Waals surface area contributed by atoms with Crippen LogP contribution in [0.4, 0.5) is 0 Å². The number of nitrogens with one attached hydrogen (secondary N) is 1. The number of rotatable bonds is 4. The molecule has 1 heterocycles. The first kappa shape index (κ1) is 12.6. The SMILES string of the molecule is CC1(C)C(NCc2cc(C(=O)O)cs2)C1(C)C. The number of aromatic carboxylic acids is 1. The highest BCUT2D eigenvalue weighted by Gasteiger charge is 2.64. The molecule has 2 N–H and O–H groups in total. The van der Waals surface area contributed by atoms with Crippen LogP contribution < -0.4 is 5.32 Å². The monoisotopic (exact) mass is 253 g/mol. The Hall–Kier alpha value is -0.870. The Morgan fingerprint density at radius 3 is 2.41 bits per heavy atom. The summed E-state index contributed by atoms with van der Waals surface area (Å²) in [6.07, 6.45) is 0. The second-order valence-corrected chi connectivity index (χ2v) is 6.86. The van der Waals surface area contributed by atoms with Crippen LogP contribution in [-0.2, 0) is 6.54 Å². The van der Waals surface area contributed by atoms with Gasteiger partial charge in [0.15, 0.2) is 0 Å². The van der Waals surface area contributed by atoms with E-state index in [1.165, 1.54) is 11.3 Å².